The van der Waals surface area contributed by atoms with Crippen molar-refractivity contribution in [2.24, 2.45) is 0 Å². The molecule has 0 fully saturated rings. The molecule has 0 aliphatic carbocycles. The summed E-state index contributed by atoms with van der Waals surface area (Å²) in [7, 11) is 0. The summed E-state index contributed by atoms with van der Waals surface area (Å²) in [5.74, 6) is -0.829. The molecule has 0 saturated carbocycles. The molecule has 1 N–H and O–H groups in total. The van der Waals surface area contributed by atoms with Gasteiger partial charge in [-0.05, 0) is 13.0 Å². The summed E-state index contributed by atoms with van der Waals surface area (Å²) in [6.45, 7) is 2.00. The fourth-order valence-corrected chi connectivity index (χ4v) is 5.10. The van der Waals surface area contributed by atoms with Crippen molar-refractivity contribution < 1.29 is 14.3 Å². The van der Waals surface area contributed by atoms with Gasteiger partial charge in [-0.2, -0.15) is 0 Å². The number of carbonyl (C=O) groups is 2. The van der Waals surface area contributed by atoms with Gasteiger partial charge in [-0.25, -0.2) is 9.78 Å². The average molecular weight is 443 g/mol. The van der Waals surface area contributed by atoms with E-state index in [2.05, 4.69) is 10.3 Å². The second-order valence-electron chi connectivity index (χ2n) is 5.98. The summed E-state index contributed by atoms with van der Waals surface area (Å²) < 4.78 is 6.08. The van der Waals surface area contributed by atoms with E-state index in [1.54, 1.807) is 6.92 Å². The average Bonchev–Trinajstić information content (AvgIpc) is 3.31. The van der Waals surface area contributed by atoms with E-state index in [4.69, 9.17) is 16.3 Å². The molecular weight excluding hydrogens is 428 g/mol. The van der Waals surface area contributed by atoms with Crippen molar-refractivity contribution in [1.29, 1.82) is 0 Å². The van der Waals surface area contributed by atoms with Crippen molar-refractivity contribution in [2.75, 3.05) is 11.9 Å². The third kappa shape index (κ3) is 3.89. The van der Waals surface area contributed by atoms with Crippen molar-refractivity contribution in [1.82, 2.24) is 4.98 Å². The Morgan fingerprint density at radius 1 is 1.03 bits per heavy atom. The minimum absolute atomic E-state index is 0.254. The van der Waals surface area contributed by atoms with Crippen LogP contribution in [-0.2, 0) is 4.74 Å². The lowest BCUT2D eigenvalue weighted by molar-refractivity contribution is 0.0532. The Morgan fingerprint density at radius 2 is 1.76 bits per heavy atom. The Morgan fingerprint density at radius 3 is 2.48 bits per heavy atom. The molecule has 0 bridgehead atoms. The number of thiophene rings is 1. The number of esters is 1. The van der Waals surface area contributed by atoms with Gasteiger partial charge in [0.15, 0.2) is 5.13 Å². The first-order valence-corrected chi connectivity index (χ1v) is 10.8. The third-order valence-electron chi connectivity index (χ3n) is 4.10. The van der Waals surface area contributed by atoms with Crippen LogP contribution in [0.25, 0.3) is 21.3 Å². The molecule has 29 heavy (non-hydrogen) atoms. The maximum atomic E-state index is 12.8. The molecule has 8 heteroatoms. The van der Waals surface area contributed by atoms with E-state index < -0.39 is 5.97 Å². The number of amides is 1. The molecule has 0 saturated heterocycles. The Hall–Kier alpha value is -2.74. The predicted molar refractivity (Wildman–Crippen MR) is 118 cm³/mol. The minimum atomic E-state index is -0.468. The molecule has 2 aromatic heterocycles. The predicted octanol–water partition coefficient (Wildman–Crippen LogP) is 6.11. The fraction of sp³-hybridized carbons (Fsp3) is 0.0952. The molecular formula is C21H15ClN2O3S2. The first-order chi connectivity index (χ1) is 14.1. The lowest BCUT2D eigenvalue weighted by Crippen LogP contribution is -2.10. The summed E-state index contributed by atoms with van der Waals surface area (Å²) in [5.41, 5.74) is 1.25. The molecule has 0 radical (unpaired) electrons. The van der Waals surface area contributed by atoms with E-state index >= 15 is 0 Å². The second-order valence-corrected chi connectivity index (χ2v) is 8.41. The maximum absolute atomic E-state index is 12.8. The summed E-state index contributed by atoms with van der Waals surface area (Å²) in [5, 5.41) is 4.33. The van der Waals surface area contributed by atoms with Crippen molar-refractivity contribution >= 4 is 61.4 Å². The number of thiazole rings is 1. The zero-order valence-electron chi connectivity index (χ0n) is 15.3. The second kappa shape index (κ2) is 8.32. The van der Waals surface area contributed by atoms with Gasteiger partial charge in [0.05, 0.1) is 17.3 Å². The van der Waals surface area contributed by atoms with Gasteiger partial charge < -0.3 is 4.74 Å². The molecule has 0 spiro atoms. The number of aromatic nitrogens is 1. The molecule has 5 nitrogen and oxygen atoms in total. The third-order valence-corrected chi connectivity index (χ3v) is 6.72. The van der Waals surface area contributed by atoms with Gasteiger partial charge in [0, 0.05) is 15.6 Å². The molecule has 2 heterocycles. The highest BCUT2D eigenvalue weighted by Crippen LogP contribution is 2.37. The number of nitrogens with zero attached hydrogens (tertiary/aromatic N) is 1. The fourth-order valence-electron chi connectivity index (χ4n) is 2.81. The topological polar surface area (TPSA) is 68.3 Å². The lowest BCUT2D eigenvalue weighted by atomic mass is 10.1. The monoisotopic (exact) mass is 442 g/mol. The van der Waals surface area contributed by atoms with Crippen LogP contribution in [0, 0.1) is 0 Å². The van der Waals surface area contributed by atoms with Gasteiger partial charge in [0.25, 0.3) is 5.91 Å². The largest absolute Gasteiger partial charge is 0.462 e. The van der Waals surface area contributed by atoms with Gasteiger partial charge in [-0.3, -0.25) is 10.1 Å². The van der Waals surface area contributed by atoms with Crippen LogP contribution in [0.3, 0.4) is 0 Å². The summed E-state index contributed by atoms with van der Waals surface area (Å²) in [6, 6.07) is 16.9. The van der Waals surface area contributed by atoms with Crippen molar-refractivity contribution in [2.45, 2.75) is 6.92 Å². The smallest absolute Gasteiger partial charge is 0.350 e. The van der Waals surface area contributed by atoms with E-state index in [0.29, 0.717) is 25.6 Å². The van der Waals surface area contributed by atoms with E-state index in [0.717, 1.165) is 27.0 Å². The van der Waals surface area contributed by atoms with Gasteiger partial charge in [-0.1, -0.05) is 71.5 Å². The van der Waals surface area contributed by atoms with Gasteiger partial charge >= 0.3 is 5.97 Å². The summed E-state index contributed by atoms with van der Waals surface area (Å²) in [4.78, 5) is 30.4. The number of hydrogen-bond acceptors (Lipinski definition) is 6. The van der Waals surface area contributed by atoms with Crippen LogP contribution in [-0.4, -0.2) is 23.5 Å². The number of anilines is 1. The molecule has 2 aromatic carbocycles. The lowest BCUT2D eigenvalue weighted by Gasteiger charge is -2.01. The van der Waals surface area contributed by atoms with Crippen LogP contribution in [0.4, 0.5) is 5.13 Å². The van der Waals surface area contributed by atoms with E-state index in [-0.39, 0.29) is 12.5 Å². The number of fused-ring (bicyclic) bond motifs is 1. The molecule has 4 aromatic rings. The molecule has 0 aliphatic heterocycles. The molecule has 0 unspecified atom stereocenters. The Labute approximate surface area is 179 Å². The Kier molecular flexibility index (Phi) is 5.62. The minimum Gasteiger partial charge on any atom is -0.462 e. The first-order valence-electron chi connectivity index (χ1n) is 8.80. The van der Waals surface area contributed by atoms with Crippen LogP contribution in [0.2, 0.25) is 5.02 Å². The molecule has 1 amide bonds. The molecule has 146 valence electrons. The van der Waals surface area contributed by atoms with Gasteiger partial charge in [0.2, 0.25) is 0 Å². The van der Waals surface area contributed by atoms with Crippen molar-refractivity contribution in [3.8, 4) is 11.3 Å². The van der Waals surface area contributed by atoms with E-state index in [1.165, 1.54) is 11.3 Å². The van der Waals surface area contributed by atoms with E-state index in [1.807, 2.05) is 54.6 Å². The summed E-state index contributed by atoms with van der Waals surface area (Å²) >= 11 is 8.80. The van der Waals surface area contributed by atoms with Crippen LogP contribution in [0.15, 0.2) is 54.6 Å². The zero-order chi connectivity index (χ0) is 20.4. The first kappa shape index (κ1) is 19.6. The molecule has 0 aliphatic rings. The SMILES string of the molecule is CCOC(=O)c1sc(NC(=O)c2sc3ccccc3c2Cl)nc1-c1ccccc1. The quantitative estimate of drug-likeness (QED) is 0.379. The van der Waals surface area contributed by atoms with Gasteiger partial charge in [-0.15, -0.1) is 11.3 Å². The number of rotatable bonds is 5. The molecule has 0 atom stereocenters. The highest BCUT2D eigenvalue weighted by molar-refractivity contribution is 7.22. The number of nitrogens with one attached hydrogen (secondary N) is 1. The van der Waals surface area contributed by atoms with Crippen LogP contribution in [0.5, 0.6) is 0 Å². The number of halogens is 1. The number of ether oxygens (including phenoxy) is 1. The van der Waals surface area contributed by atoms with Crippen molar-refractivity contribution in [3.63, 3.8) is 0 Å². The Bertz CT molecular complexity index is 1200. The highest BCUT2D eigenvalue weighted by atomic mass is 35.5. The van der Waals surface area contributed by atoms with Crippen molar-refractivity contribution in [3.05, 3.63) is 69.4 Å². The van der Waals surface area contributed by atoms with Crippen LogP contribution in [0.1, 0.15) is 26.3 Å². The summed E-state index contributed by atoms with van der Waals surface area (Å²) in [6.07, 6.45) is 0. The standard InChI is InChI=1S/C21H15ClN2O3S2/c1-2-27-20(26)18-16(12-8-4-3-5-9-12)23-21(29-18)24-19(25)17-15(22)13-10-6-7-11-14(13)28-17/h3-11H,2H2,1H3,(H,23,24,25). The van der Waals surface area contributed by atoms with E-state index in [9.17, 15) is 9.59 Å². The number of carbonyl (C=O) groups excluding carboxylic acids is 2. The van der Waals surface area contributed by atoms with Crippen LogP contribution < -0.4 is 5.32 Å². The Balaban J connectivity index is 1.68. The number of benzene rings is 2. The zero-order valence-corrected chi connectivity index (χ0v) is 17.7. The number of hydrogen-bond donors (Lipinski definition) is 1. The van der Waals surface area contributed by atoms with Crippen LogP contribution >= 0.6 is 34.3 Å². The maximum Gasteiger partial charge on any atom is 0.350 e. The highest BCUT2D eigenvalue weighted by Gasteiger charge is 2.23. The molecule has 4 rings (SSSR count). The van der Waals surface area contributed by atoms with Gasteiger partial charge in [0.1, 0.15) is 9.75 Å². The normalized spacial score (nSPS) is 10.8.